The largest absolute Gasteiger partial charge is 0.339 e. The number of aromatic nitrogens is 2. The van der Waals surface area contributed by atoms with Gasteiger partial charge in [0.15, 0.2) is 5.69 Å². The van der Waals surface area contributed by atoms with Crippen molar-refractivity contribution in [3.8, 4) is 0 Å². The van der Waals surface area contributed by atoms with Gasteiger partial charge in [-0.3, -0.25) is 14.4 Å². The van der Waals surface area contributed by atoms with Crippen molar-refractivity contribution in [2.75, 3.05) is 18.4 Å². The minimum absolute atomic E-state index is 0.0898. The summed E-state index contributed by atoms with van der Waals surface area (Å²) in [5.74, 6) is -0.527. The molecule has 0 aliphatic rings. The summed E-state index contributed by atoms with van der Waals surface area (Å²) in [4.78, 5) is 40.1. The number of rotatable bonds is 6. The number of benzene rings is 2. The third-order valence-corrected chi connectivity index (χ3v) is 4.95. The summed E-state index contributed by atoms with van der Waals surface area (Å²) >= 11 is 0. The Morgan fingerprint density at radius 2 is 1.70 bits per heavy atom. The van der Waals surface area contributed by atoms with Crippen molar-refractivity contribution in [3.63, 3.8) is 0 Å². The fourth-order valence-corrected chi connectivity index (χ4v) is 3.34. The summed E-state index contributed by atoms with van der Waals surface area (Å²) in [5, 5.41) is 8.08. The molecule has 0 aliphatic carbocycles. The van der Waals surface area contributed by atoms with Gasteiger partial charge in [0.2, 0.25) is 0 Å². The zero-order chi connectivity index (χ0) is 21.8. The van der Waals surface area contributed by atoms with Gasteiger partial charge >= 0.3 is 0 Å². The van der Waals surface area contributed by atoms with Gasteiger partial charge < -0.3 is 10.2 Å². The van der Waals surface area contributed by atoms with Crippen LogP contribution in [0.3, 0.4) is 0 Å². The molecular formula is C23H26N4O3. The molecule has 0 aliphatic heterocycles. The second-order valence-electron chi connectivity index (χ2n) is 7.25. The highest BCUT2D eigenvalue weighted by molar-refractivity contribution is 6.11. The predicted octanol–water partition coefficient (Wildman–Crippen LogP) is 3.71. The fourth-order valence-electron chi connectivity index (χ4n) is 3.34. The molecule has 0 saturated heterocycles. The molecule has 30 heavy (non-hydrogen) atoms. The average Bonchev–Trinajstić information content (AvgIpc) is 2.74. The lowest BCUT2D eigenvalue weighted by Crippen LogP contribution is -2.30. The van der Waals surface area contributed by atoms with Gasteiger partial charge in [0.05, 0.1) is 11.4 Å². The van der Waals surface area contributed by atoms with E-state index in [1.807, 2.05) is 27.7 Å². The van der Waals surface area contributed by atoms with Crippen LogP contribution in [0.4, 0.5) is 5.69 Å². The lowest BCUT2D eigenvalue weighted by Gasteiger charge is -2.19. The molecular weight excluding hydrogens is 380 g/mol. The Morgan fingerprint density at radius 1 is 1.03 bits per heavy atom. The van der Waals surface area contributed by atoms with Crippen molar-refractivity contribution < 1.29 is 9.59 Å². The standard InChI is InChI=1S/C23H26N4O3/c1-5-26(6-2)22(29)16-10-9-11-17(14-16)24-21(28)20-18-12-7-8-13-19(18)23(30)27(25-20)15(3)4/h7-15H,5-6H2,1-4H3,(H,24,28). The van der Waals surface area contributed by atoms with Crippen LogP contribution in [0.1, 0.15) is 54.6 Å². The number of amides is 2. The van der Waals surface area contributed by atoms with Crippen LogP contribution < -0.4 is 10.9 Å². The van der Waals surface area contributed by atoms with Crippen molar-refractivity contribution in [2.24, 2.45) is 0 Å². The number of hydrogen-bond acceptors (Lipinski definition) is 4. The van der Waals surface area contributed by atoms with Gasteiger partial charge in [-0.1, -0.05) is 24.3 Å². The molecule has 0 radical (unpaired) electrons. The number of anilines is 1. The summed E-state index contributed by atoms with van der Waals surface area (Å²) in [6.07, 6.45) is 0. The van der Waals surface area contributed by atoms with Crippen LogP contribution in [0.5, 0.6) is 0 Å². The molecule has 7 nitrogen and oxygen atoms in total. The summed E-state index contributed by atoms with van der Waals surface area (Å²) in [6.45, 7) is 8.75. The quantitative estimate of drug-likeness (QED) is 0.676. The van der Waals surface area contributed by atoms with Crippen LogP contribution in [-0.2, 0) is 0 Å². The number of nitrogens with zero attached hydrogens (tertiary/aromatic N) is 3. The summed E-state index contributed by atoms with van der Waals surface area (Å²) in [7, 11) is 0. The van der Waals surface area contributed by atoms with Gasteiger partial charge in [0.1, 0.15) is 0 Å². The molecule has 0 unspecified atom stereocenters. The lowest BCUT2D eigenvalue weighted by atomic mass is 10.1. The van der Waals surface area contributed by atoms with E-state index in [0.29, 0.717) is 35.1 Å². The van der Waals surface area contributed by atoms with E-state index in [0.717, 1.165) is 0 Å². The monoisotopic (exact) mass is 406 g/mol. The zero-order valence-corrected chi connectivity index (χ0v) is 17.7. The maximum Gasteiger partial charge on any atom is 0.276 e. The van der Waals surface area contributed by atoms with E-state index < -0.39 is 5.91 Å². The minimum atomic E-state index is -0.437. The fraction of sp³-hybridized carbons (Fsp3) is 0.304. The molecule has 0 saturated carbocycles. The molecule has 1 N–H and O–H groups in total. The summed E-state index contributed by atoms with van der Waals surface area (Å²) in [6, 6.07) is 13.6. The third kappa shape index (κ3) is 4.10. The van der Waals surface area contributed by atoms with Crippen LogP contribution in [-0.4, -0.2) is 39.6 Å². The van der Waals surface area contributed by atoms with Crippen molar-refractivity contribution in [2.45, 2.75) is 33.7 Å². The van der Waals surface area contributed by atoms with Crippen LogP contribution in [0.25, 0.3) is 10.8 Å². The van der Waals surface area contributed by atoms with Gasteiger partial charge in [-0.25, -0.2) is 4.68 Å². The molecule has 0 atom stereocenters. The van der Waals surface area contributed by atoms with Gasteiger partial charge in [-0.15, -0.1) is 0 Å². The smallest absolute Gasteiger partial charge is 0.276 e. The van der Waals surface area contributed by atoms with Crippen LogP contribution in [0.15, 0.2) is 53.3 Å². The van der Waals surface area contributed by atoms with Crippen LogP contribution >= 0.6 is 0 Å². The van der Waals surface area contributed by atoms with Gasteiger partial charge in [-0.05, 0) is 52.0 Å². The first-order chi connectivity index (χ1) is 14.4. The van der Waals surface area contributed by atoms with Crippen LogP contribution in [0.2, 0.25) is 0 Å². The van der Waals surface area contributed by atoms with Gasteiger partial charge in [0, 0.05) is 29.7 Å². The summed E-state index contributed by atoms with van der Waals surface area (Å²) < 4.78 is 1.32. The van der Waals surface area contributed by atoms with Crippen molar-refractivity contribution >= 4 is 28.3 Å². The van der Waals surface area contributed by atoms with E-state index in [2.05, 4.69) is 10.4 Å². The van der Waals surface area contributed by atoms with E-state index in [1.54, 1.807) is 53.4 Å². The van der Waals surface area contributed by atoms with Crippen molar-refractivity contribution in [3.05, 3.63) is 70.1 Å². The molecule has 3 aromatic rings. The second kappa shape index (κ2) is 8.90. The SMILES string of the molecule is CCN(CC)C(=O)c1cccc(NC(=O)c2nn(C(C)C)c(=O)c3ccccc23)c1. The predicted molar refractivity (Wildman–Crippen MR) is 118 cm³/mol. The van der Waals surface area contributed by atoms with Gasteiger partial charge in [0.25, 0.3) is 17.4 Å². The highest BCUT2D eigenvalue weighted by Gasteiger charge is 2.19. The zero-order valence-electron chi connectivity index (χ0n) is 17.7. The first-order valence-corrected chi connectivity index (χ1v) is 10.1. The first kappa shape index (κ1) is 21.2. The first-order valence-electron chi connectivity index (χ1n) is 10.1. The molecule has 0 fully saturated rings. The number of carbonyl (C=O) groups excluding carboxylic acids is 2. The van der Waals surface area contributed by atoms with Crippen LogP contribution in [0, 0.1) is 0 Å². The molecule has 0 spiro atoms. The molecule has 156 valence electrons. The Kier molecular flexibility index (Phi) is 6.30. The lowest BCUT2D eigenvalue weighted by molar-refractivity contribution is 0.0772. The molecule has 2 amide bonds. The molecule has 1 heterocycles. The molecule has 0 bridgehead atoms. The Morgan fingerprint density at radius 3 is 2.33 bits per heavy atom. The Bertz CT molecular complexity index is 1150. The Labute approximate surface area is 175 Å². The number of fused-ring (bicyclic) bond motifs is 1. The third-order valence-electron chi connectivity index (χ3n) is 4.95. The van der Waals surface area contributed by atoms with Gasteiger partial charge in [-0.2, -0.15) is 5.10 Å². The summed E-state index contributed by atoms with van der Waals surface area (Å²) in [5.41, 5.74) is 0.927. The molecule has 2 aromatic carbocycles. The Balaban J connectivity index is 1.98. The highest BCUT2D eigenvalue weighted by Crippen LogP contribution is 2.18. The van der Waals surface area contributed by atoms with E-state index in [4.69, 9.17) is 0 Å². The number of carbonyl (C=O) groups is 2. The maximum atomic E-state index is 13.1. The van der Waals surface area contributed by atoms with E-state index in [1.165, 1.54) is 4.68 Å². The molecule has 3 rings (SSSR count). The number of hydrogen-bond donors (Lipinski definition) is 1. The highest BCUT2D eigenvalue weighted by atomic mass is 16.2. The second-order valence-corrected chi connectivity index (χ2v) is 7.25. The molecule has 7 heteroatoms. The van der Waals surface area contributed by atoms with Crippen molar-refractivity contribution in [1.82, 2.24) is 14.7 Å². The molecule has 1 aromatic heterocycles. The topological polar surface area (TPSA) is 84.3 Å². The number of nitrogens with one attached hydrogen (secondary N) is 1. The van der Waals surface area contributed by atoms with E-state index in [-0.39, 0.29) is 23.2 Å². The van der Waals surface area contributed by atoms with E-state index in [9.17, 15) is 14.4 Å². The van der Waals surface area contributed by atoms with Crippen molar-refractivity contribution in [1.29, 1.82) is 0 Å². The normalized spacial score (nSPS) is 11.0. The average molecular weight is 406 g/mol. The Hall–Kier alpha value is -3.48. The minimum Gasteiger partial charge on any atom is -0.339 e. The maximum absolute atomic E-state index is 13.1. The van der Waals surface area contributed by atoms with E-state index >= 15 is 0 Å².